The summed E-state index contributed by atoms with van der Waals surface area (Å²) in [5.74, 6) is 0.887. The minimum absolute atomic E-state index is 0.316. The van der Waals surface area contributed by atoms with Crippen LogP contribution in [0.2, 0.25) is 0 Å². The molecule has 11 heavy (non-hydrogen) atoms. The van der Waals surface area contributed by atoms with Crippen molar-refractivity contribution in [3.05, 3.63) is 0 Å². The van der Waals surface area contributed by atoms with Crippen molar-refractivity contribution in [2.75, 3.05) is 20.2 Å². The van der Waals surface area contributed by atoms with Crippen molar-refractivity contribution in [3.63, 3.8) is 0 Å². The van der Waals surface area contributed by atoms with Crippen LogP contribution in [0.4, 0.5) is 0 Å². The van der Waals surface area contributed by atoms with Crippen molar-refractivity contribution in [2.24, 2.45) is 5.92 Å². The molecule has 2 nitrogen and oxygen atoms in total. The van der Waals surface area contributed by atoms with Gasteiger partial charge < -0.3 is 10.1 Å². The molecule has 0 bridgehead atoms. The highest BCUT2D eigenvalue weighted by Gasteiger charge is 2.44. The van der Waals surface area contributed by atoms with E-state index in [1.807, 2.05) is 7.11 Å². The van der Waals surface area contributed by atoms with Crippen LogP contribution in [0.5, 0.6) is 0 Å². The fraction of sp³-hybridized carbons (Fsp3) is 1.00. The van der Waals surface area contributed by atoms with Crippen LogP contribution < -0.4 is 5.32 Å². The Labute approximate surface area is 68.3 Å². The van der Waals surface area contributed by atoms with Crippen molar-refractivity contribution in [3.8, 4) is 0 Å². The van der Waals surface area contributed by atoms with E-state index in [1.165, 1.54) is 38.8 Å². The van der Waals surface area contributed by atoms with E-state index in [0.717, 1.165) is 5.92 Å². The van der Waals surface area contributed by atoms with Crippen LogP contribution in [0.3, 0.4) is 0 Å². The smallest absolute Gasteiger partial charge is 0.0684 e. The maximum Gasteiger partial charge on any atom is 0.0684 e. The Morgan fingerprint density at radius 3 is 2.82 bits per heavy atom. The van der Waals surface area contributed by atoms with Gasteiger partial charge in [0, 0.05) is 7.11 Å². The fourth-order valence-electron chi connectivity index (χ4n) is 2.05. The van der Waals surface area contributed by atoms with Gasteiger partial charge >= 0.3 is 0 Å². The average molecular weight is 155 g/mol. The third kappa shape index (κ3) is 1.57. The molecule has 1 saturated carbocycles. The minimum atomic E-state index is 0.316. The highest BCUT2D eigenvalue weighted by Crippen LogP contribution is 2.44. The van der Waals surface area contributed by atoms with Gasteiger partial charge in [0.25, 0.3) is 0 Å². The highest BCUT2D eigenvalue weighted by atomic mass is 16.5. The van der Waals surface area contributed by atoms with E-state index in [2.05, 4.69) is 5.32 Å². The molecule has 1 aliphatic heterocycles. The first-order chi connectivity index (χ1) is 5.35. The average Bonchev–Trinajstić information content (AvgIpc) is 2.59. The van der Waals surface area contributed by atoms with Gasteiger partial charge in [0.15, 0.2) is 0 Å². The van der Waals surface area contributed by atoms with Gasteiger partial charge in [0.2, 0.25) is 0 Å². The van der Waals surface area contributed by atoms with E-state index in [-0.39, 0.29) is 0 Å². The molecule has 0 aromatic carbocycles. The monoisotopic (exact) mass is 155 g/mol. The summed E-state index contributed by atoms with van der Waals surface area (Å²) in [5, 5.41) is 3.39. The Morgan fingerprint density at radius 1 is 1.55 bits per heavy atom. The summed E-state index contributed by atoms with van der Waals surface area (Å²) in [6, 6.07) is 0. The third-order valence-electron chi connectivity index (χ3n) is 3.06. The van der Waals surface area contributed by atoms with Gasteiger partial charge in [-0.15, -0.1) is 0 Å². The van der Waals surface area contributed by atoms with Crippen LogP contribution >= 0.6 is 0 Å². The first-order valence-corrected chi connectivity index (χ1v) is 4.60. The van der Waals surface area contributed by atoms with Gasteiger partial charge in [0.05, 0.1) is 5.60 Å². The van der Waals surface area contributed by atoms with E-state index >= 15 is 0 Å². The van der Waals surface area contributed by atoms with Crippen LogP contribution in [-0.2, 0) is 4.74 Å². The third-order valence-corrected chi connectivity index (χ3v) is 3.06. The summed E-state index contributed by atoms with van der Waals surface area (Å²) >= 11 is 0. The molecule has 1 unspecified atom stereocenters. The number of nitrogens with one attached hydrogen (secondary N) is 1. The standard InChI is InChI=1S/C9H17NO/c1-11-9(3-4-9)6-8-2-5-10-7-8/h8,10H,2-7H2,1H3. The lowest BCUT2D eigenvalue weighted by Gasteiger charge is -2.16. The molecule has 2 heteroatoms. The van der Waals surface area contributed by atoms with Gasteiger partial charge in [-0.25, -0.2) is 0 Å². The summed E-state index contributed by atoms with van der Waals surface area (Å²) in [6.45, 7) is 2.43. The van der Waals surface area contributed by atoms with Crippen LogP contribution in [0.15, 0.2) is 0 Å². The molecule has 0 amide bonds. The lowest BCUT2D eigenvalue weighted by Crippen LogP contribution is -2.19. The second-order valence-corrected chi connectivity index (χ2v) is 3.95. The summed E-state index contributed by atoms with van der Waals surface area (Å²) < 4.78 is 5.48. The zero-order valence-corrected chi connectivity index (χ0v) is 7.23. The summed E-state index contributed by atoms with van der Waals surface area (Å²) in [6.07, 6.45) is 5.22. The number of ether oxygens (including phenoxy) is 1. The van der Waals surface area contributed by atoms with Crippen LogP contribution in [0.25, 0.3) is 0 Å². The normalized spacial score (nSPS) is 34.1. The van der Waals surface area contributed by atoms with Crippen molar-refractivity contribution in [1.82, 2.24) is 5.32 Å². The SMILES string of the molecule is COC1(CC2CCNC2)CC1. The molecule has 1 aliphatic carbocycles. The van der Waals surface area contributed by atoms with E-state index < -0.39 is 0 Å². The first kappa shape index (κ1) is 7.56. The molecule has 1 N–H and O–H groups in total. The van der Waals surface area contributed by atoms with E-state index in [4.69, 9.17) is 4.74 Å². The molecule has 2 fully saturated rings. The minimum Gasteiger partial charge on any atom is -0.378 e. The van der Waals surface area contributed by atoms with Gasteiger partial charge in [0.1, 0.15) is 0 Å². The van der Waals surface area contributed by atoms with Crippen LogP contribution in [0, 0.1) is 5.92 Å². The van der Waals surface area contributed by atoms with Crippen LogP contribution in [-0.4, -0.2) is 25.8 Å². The Morgan fingerprint density at radius 2 is 2.36 bits per heavy atom. The molecule has 0 radical (unpaired) electrons. The van der Waals surface area contributed by atoms with E-state index in [9.17, 15) is 0 Å². The predicted octanol–water partition coefficient (Wildman–Crippen LogP) is 1.16. The second-order valence-electron chi connectivity index (χ2n) is 3.95. The van der Waals surface area contributed by atoms with Gasteiger partial charge in [-0.2, -0.15) is 0 Å². The molecule has 2 rings (SSSR count). The van der Waals surface area contributed by atoms with Crippen molar-refractivity contribution < 1.29 is 4.74 Å². The highest BCUT2D eigenvalue weighted by molar-refractivity contribution is 4.97. The topological polar surface area (TPSA) is 21.3 Å². The quantitative estimate of drug-likeness (QED) is 0.660. The largest absolute Gasteiger partial charge is 0.378 e. The lowest BCUT2D eigenvalue weighted by atomic mass is 9.99. The Kier molecular flexibility index (Phi) is 1.90. The van der Waals surface area contributed by atoms with Crippen molar-refractivity contribution >= 4 is 0 Å². The molecular weight excluding hydrogens is 138 g/mol. The molecule has 0 aromatic rings. The summed E-state index contributed by atoms with van der Waals surface area (Å²) in [7, 11) is 1.86. The zero-order chi connectivity index (χ0) is 7.73. The van der Waals surface area contributed by atoms with Gasteiger partial charge in [-0.1, -0.05) is 0 Å². The summed E-state index contributed by atoms with van der Waals surface area (Å²) in [5.41, 5.74) is 0.316. The molecule has 64 valence electrons. The second kappa shape index (κ2) is 2.76. The first-order valence-electron chi connectivity index (χ1n) is 4.60. The lowest BCUT2D eigenvalue weighted by molar-refractivity contribution is 0.0600. The predicted molar refractivity (Wildman–Crippen MR) is 44.6 cm³/mol. The molecule has 1 atom stereocenters. The molecule has 0 aromatic heterocycles. The van der Waals surface area contributed by atoms with E-state index in [1.54, 1.807) is 0 Å². The fourth-order valence-corrected chi connectivity index (χ4v) is 2.05. The van der Waals surface area contributed by atoms with Crippen molar-refractivity contribution in [1.29, 1.82) is 0 Å². The maximum atomic E-state index is 5.48. The number of hydrogen-bond donors (Lipinski definition) is 1. The molecule has 1 heterocycles. The molecule has 2 aliphatic rings. The number of methoxy groups -OCH3 is 1. The summed E-state index contributed by atoms with van der Waals surface area (Å²) in [4.78, 5) is 0. The number of rotatable bonds is 3. The number of hydrogen-bond acceptors (Lipinski definition) is 2. The Bertz CT molecular complexity index is 136. The Balaban J connectivity index is 1.80. The van der Waals surface area contributed by atoms with Gasteiger partial charge in [-0.05, 0) is 44.7 Å². The van der Waals surface area contributed by atoms with Crippen molar-refractivity contribution in [2.45, 2.75) is 31.3 Å². The Hall–Kier alpha value is -0.0800. The van der Waals surface area contributed by atoms with Gasteiger partial charge in [-0.3, -0.25) is 0 Å². The zero-order valence-electron chi connectivity index (χ0n) is 7.23. The van der Waals surface area contributed by atoms with Crippen LogP contribution in [0.1, 0.15) is 25.7 Å². The van der Waals surface area contributed by atoms with E-state index in [0.29, 0.717) is 5.60 Å². The molecule has 0 spiro atoms. The molecular formula is C9H17NO. The molecule has 1 saturated heterocycles. The maximum absolute atomic E-state index is 5.48.